The van der Waals surface area contributed by atoms with Gasteiger partial charge in [0.15, 0.2) is 0 Å². The van der Waals surface area contributed by atoms with E-state index in [1.165, 1.54) is 23.3 Å². The minimum absolute atomic E-state index is 0.739. The number of thiophene rings is 1. The Labute approximate surface area is 122 Å². The smallest absolute Gasteiger partial charge is 0.0630 e. The predicted molar refractivity (Wildman–Crippen MR) is 80.0 cm³/mol. The molecule has 94 valence electrons. The van der Waals surface area contributed by atoms with Gasteiger partial charge < -0.3 is 0 Å². The summed E-state index contributed by atoms with van der Waals surface area (Å²) in [6, 6.07) is 8.48. The molecule has 0 unspecified atom stereocenters. The molecule has 0 amide bonds. The largest absolute Gasteiger partial charge is 0.149 e. The van der Waals surface area contributed by atoms with Gasteiger partial charge in [0.2, 0.25) is 0 Å². The van der Waals surface area contributed by atoms with E-state index in [1.807, 2.05) is 0 Å². The van der Waals surface area contributed by atoms with Gasteiger partial charge in [-0.15, -0.1) is 11.3 Å². The Morgan fingerprint density at radius 3 is 2.44 bits per heavy atom. The lowest BCUT2D eigenvalue weighted by Crippen LogP contribution is -1.94. The normalized spacial score (nSPS) is 15.0. The van der Waals surface area contributed by atoms with Crippen molar-refractivity contribution in [2.75, 3.05) is 0 Å². The lowest BCUT2D eigenvalue weighted by atomic mass is 10.0. The molecule has 0 saturated heterocycles. The van der Waals surface area contributed by atoms with Crippen LogP contribution < -0.4 is 0 Å². The number of hydrogen-bond donors (Lipinski definition) is 0. The summed E-state index contributed by atoms with van der Waals surface area (Å²) in [5.41, 5.74) is 2.34. The van der Waals surface area contributed by atoms with Gasteiger partial charge in [-0.1, -0.05) is 41.4 Å². The van der Waals surface area contributed by atoms with Crippen molar-refractivity contribution in [1.82, 2.24) is 0 Å². The second kappa shape index (κ2) is 5.24. The Hall–Kier alpha value is -0.500. The molecule has 2 aromatic rings. The monoisotopic (exact) mass is 296 g/mol. The lowest BCUT2D eigenvalue weighted by molar-refractivity contribution is 0.832. The van der Waals surface area contributed by atoms with Gasteiger partial charge in [0, 0.05) is 11.3 Å². The van der Waals surface area contributed by atoms with Gasteiger partial charge in [-0.2, -0.15) is 0 Å². The van der Waals surface area contributed by atoms with Crippen LogP contribution >= 0.6 is 34.5 Å². The Kier molecular flexibility index (Phi) is 3.65. The van der Waals surface area contributed by atoms with Gasteiger partial charge in [0.25, 0.3) is 0 Å². The molecular weight excluding hydrogens is 283 g/mol. The molecule has 1 aromatic carbocycles. The third kappa shape index (κ3) is 2.74. The fourth-order valence-corrected chi connectivity index (χ4v) is 3.40. The van der Waals surface area contributed by atoms with Crippen molar-refractivity contribution >= 4 is 34.5 Å². The fourth-order valence-electron chi connectivity index (χ4n) is 2.16. The Bertz CT molecular complexity index is 542. The highest BCUT2D eigenvalue weighted by atomic mass is 35.5. The number of benzene rings is 1. The van der Waals surface area contributed by atoms with E-state index < -0.39 is 0 Å². The predicted octanol–water partition coefficient (Wildman–Crippen LogP) is 5.60. The molecule has 0 bridgehead atoms. The Morgan fingerprint density at radius 2 is 1.78 bits per heavy atom. The molecule has 1 fully saturated rings. The second-order valence-corrected chi connectivity index (χ2v) is 6.70. The zero-order valence-electron chi connectivity index (χ0n) is 9.96. The summed E-state index contributed by atoms with van der Waals surface area (Å²) in [7, 11) is 0. The highest BCUT2D eigenvalue weighted by molar-refractivity contribution is 7.09. The summed E-state index contributed by atoms with van der Waals surface area (Å²) in [4.78, 5) is 1.32. The first-order valence-corrected chi connectivity index (χ1v) is 7.85. The lowest BCUT2D eigenvalue weighted by Gasteiger charge is -2.09. The molecule has 0 aliphatic heterocycles. The standard InChI is InChI=1S/C15H14Cl2S/c16-14-11(8-10-3-4-10)5-6-12(15(14)17)9-13-2-1-7-18-13/h1-2,5-7,10H,3-4,8-9H2. The molecule has 18 heavy (non-hydrogen) atoms. The molecule has 1 aromatic heterocycles. The topological polar surface area (TPSA) is 0 Å². The minimum Gasteiger partial charge on any atom is -0.149 e. The van der Waals surface area contributed by atoms with E-state index in [2.05, 4.69) is 29.6 Å². The molecule has 0 atom stereocenters. The first kappa shape index (κ1) is 12.5. The summed E-state index contributed by atoms with van der Waals surface area (Å²) >= 11 is 14.5. The zero-order valence-corrected chi connectivity index (χ0v) is 12.3. The first-order chi connectivity index (χ1) is 8.74. The summed E-state index contributed by atoms with van der Waals surface area (Å²) in [6.07, 6.45) is 4.63. The molecule has 0 spiro atoms. The summed E-state index contributed by atoms with van der Waals surface area (Å²) in [6.45, 7) is 0. The van der Waals surface area contributed by atoms with Crippen molar-refractivity contribution in [1.29, 1.82) is 0 Å². The third-order valence-corrected chi connectivity index (χ3v) is 5.23. The van der Waals surface area contributed by atoms with Crippen LogP contribution in [-0.4, -0.2) is 0 Å². The zero-order chi connectivity index (χ0) is 12.5. The summed E-state index contributed by atoms with van der Waals surface area (Å²) < 4.78 is 0. The quantitative estimate of drug-likeness (QED) is 0.689. The third-order valence-electron chi connectivity index (χ3n) is 3.39. The van der Waals surface area contributed by atoms with E-state index in [4.69, 9.17) is 23.2 Å². The van der Waals surface area contributed by atoms with Crippen molar-refractivity contribution in [3.63, 3.8) is 0 Å². The molecule has 1 heterocycles. The van der Waals surface area contributed by atoms with Crippen molar-refractivity contribution in [3.8, 4) is 0 Å². The van der Waals surface area contributed by atoms with E-state index in [1.54, 1.807) is 11.3 Å². The van der Waals surface area contributed by atoms with Gasteiger partial charge in [-0.05, 0) is 47.8 Å². The Morgan fingerprint density at radius 1 is 1.06 bits per heavy atom. The van der Waals surface area contributed by atoms with Crippen LogP contribution in [0.25, 0.3) is 0 Å². The van der Waals surface area contributed by atoms with Crippen molar-refractivity contribution in [2.45, 2.75) is 25.7 Å². The summed E-state index contributed by atoms with van der Waals surface area (Å²) in [5.74, 6) is 0.835. The van der Waals surface area contributed by atoms with E-state index in [0.29, 0.717) is 0 Å². The maximum atomic E-state index is 6.39. The molecule has 0 radical (unpaired) electrons. The average molecular weight is 297 g/mol. The molecule has 1 saturated carbocycles. The highest BCUT2D eigenvalue weighted by Gasteiger charge is 2.23. The van der Waals surface area contributed by atoms with Crippen LogP contribution in [-0.2, 0) is 12.8 Å². The Balaban J connectivity index is 1.84. The second-order valence-electron chi connectivity index (χ2n) is 4.92. The van der Waals surface area contributed by atoms with Crippen molar-refractivity contribution < 1.29 is 0 Å². The molecule has 3 rings (SSSR count). The van der Waals surface area contributed by atoms with Gasteiger partial charge in [-0.25, -0.2) is 0 Å². The molecule has 0 N–H and O–H groups in total. The van der Waals surface area contributed by atoms with Crippen molar-refractivity contribution in [3.05, 3.63) is 55.7 Å². The SMILES string of the molecule is Clc1c(Cc2cccs2)ccc(CC2CC2)c1Cl. The van der Waals surface area contributed by atoms with E-state index in [-0.39, 0.29) is 0 Å². The van der Waals surface area contributed by atoms with Gasteiger partial charge in [-0.3, -0.25) is 0 Å². The number of hydrogen-bond acceptors (Lipinski definition) is 1. The van der Waals surface area contributed by atoms with Crippen LogP contribution in [0.3, 0.4) is 0 Å². The van der Waals surface area contributed by atoms with Crippen LogP contribution in [0.4, 0.5) is 0 Å². The highest BCUT2D eigenvalue weighted by Crippen LogP contribution is 2.38. The van der Waals surface area contributed by atoms with E-state index in [0.717, 1.165) is 34.4 Å². The van der Waals surface area contributed by atoms with E-state index >= 15 is 0 Å². The van der Waals surface area contributed by atoms with Crippen LogP contribution in [0, 0.1) is 5.92 Å². The number of rotatable bonds is 4. The maximum absolute atomic E-state index is 6.39. The van der Waals surface area contributed by atoms with Gasteiger partial charge in [0.1, 0.15) is 0 Å². The van der Waals surface area contributed by atoms with Crippen molar-refractivity contribution in [2.24, 2.45) is 5.92 Å². The molecule has 1 aliphatic carbocycles. The number of halogens is 2. The first-order valence-electron chi connectivity index (χ1n) is 6.22. The fraction of sp³-hybridized carbons (Fsp3) is 0.333. The molecule has 3 heteroatoms. The summed E-state index contributed by atoms with van der Waals surface area (Å²) in [5, 5.41) is 3.59. The van der Waals surface area contributed by atoms with Gasteiger partial charge in [0.05, 0.1) is 10.0 Å². The molecule has 0 nitrogen and oxygen atoms in total. The van der Waals surface area contributed by atoms with E-state index in [9.17, 15) is 0 Å². The van der Waals surface area contributed by atoms with Crippen LogP contribution in [0.1, 0.15) is 28.8 Å². The minimum atomic E-state index is 0.739. The van der Waals surface area contributed by atoms with Crippen LogP contribution in [0.5, 0.6) is 0 Å². The van der Waals surface area contributed by atoms with Gasteiger partial charge >= 0.3 is 0 Å². The van der Waals surface area contributed by atoms with Crippen LogP contribution in [0.2, 0.25) is 10.0 Å². The maximum Gasteiger partial charge on any atom is 0.0630 e. The molecular formula is C15H14Cl2S. The average Bonchev–Trinajstić information content (AvgIpc) is 3.03. The molecule has 1 aliphatic rings. The van der Waals surface area contributed by atoms with Crippen LogP contribution in [0.15, 0.2) is 29.6 Å².